The Labute approximate surface area is 103 Å². The summed E-state index contributed by atoms with van der Waals surface area (Å²) in [7, 11) is 3.73. The molecular weight excluding hydrogens is 226 g/mol. The SMILES string of the molecule is CC(=O)OCCCCCCOC(=S)N(C)C. The molecular formula is C11H21NO3S. The van der Waals surface area contributed by atoms with Gasteiger partial charge in [0.1, 0.15) is 0 Å². The van der Waals surface area contributed by atoms with Crippen LogP contribution in [0.5, 0.6) is 0 Å². The van der Waals surface area contributed by atoms with Gasteiger partial charge in [-0.2, -0.15) is 0 Å². The molecule has 0 saturated carbocycles. The summed E-state index contributed by atoms with van der Waals surface area (Å²) in [6, 6.07) is 0. The van der Waals surface area contributed by atoms with E-state index in [0.717, 1.165) is 25.7 Å². The molecule has 0 rings (SSSR count). The number of esters is 1. The first-order valence-electron chi connectivity index (χ1n) is 5.51. The number of hydrogen-bond donors (Lipinski definition) is 0. The predicted octanol–water partition coefficient (Wildman–Crippen LogP) is 1.97. The fourth-order valence-electron chi connectivity index (χ4n) is 1.06. The first-order valence-corrected chi connectivity index (χ1v) is 5.92. The number of thiocarbonyl (C=S) groups is 1. The largest absolute Gasteiger partial charge is 0.471 e. The minimum Gasteiger partial charge on any atom is -0.471 e. The number of rotatable bonds is 7. The van der Waals surface area contributed by atoms with Crippen molar-refractivity contribution < 1.29 is 14.3 Å². The van der Waals surface area contributed by atoms with Crippen LogP contribution in [0.25, 0.3) is 0 Å². The number of ether oxygens (including phenoxy) is 2. The van der Waals surface area contributed by atoms with Crippen LogP contribution in [0, 0.1) is 0 Å². The summed E-state index contributed by atoms with van der Waals surface area (Å²) < 4.78 is 10.1. The maximum Gasteiger partial charge on any atom is 0.302 e. The monoisotopic (exact) mass is 247 g/mol. The highest BCUT2D eigenvalue weighted by molar-refractivity contribution is 7.80. The Morgan fingerprint density at radius 1 is 1.06 bits per heavy atom. The Balaban J connectivity index is 3.16. The summed E-state index contributed by atoms with van der Waals surface area (Å²) in [4.78, 5) is 12.2. The Morgan fingerprint density at radius 3 is 2.00 bits per heavy atom. The van der Waals surface area contributed by atoms with E-state index in [4.69, 9.17) is 21.7 Å². The average molecular weight is 247 g/mol. The van der Waals surface area contributed by atoms with Crippen LogP contribution in [0.3, 0.4) is 0 Å². The van der Waals surface area contributed by atoms with Gasteiger partial charge in [0.25, 0.3) is 5.17 Å². The zero-order valence-corrected chi connectivity index (χ0v) is 11.1. The van der Waals surface area contributed by atoms with Crippen molar-refractivity contribution in [3.8, 4) is 0 Å². The molecule has 0 spiro atoms. The van der Waals surface area contributed by atoms with E-state index < -0.39 is 0 Å². The molecule has 5 heteroatoms. The van der Waals surface area contributed by atoms with Crippen molar-refractivity contribution in [2.24, 2.45) is 0 Å². The van der Waals surface area contributed by atoms with Crippen LogP contribution in [0.2, 0.25) is 0 Å². The molecule has 0 aromatic heterocycles. The Kier molecular flexibility index (Phi) is 8.90. The molecule has 0 bridgehead atoms. The lowest BCUT2D eigenvalue weighted by molar-refractivity contribution is -0.141. The van der Waals surface area contributed by atoms with Gasteiger partial charge in [-0.3, -0.25) is 4.79 Å². The van der Waals surface area contributed by atoms with Gasteiger partial charge in [-0.05, 0) is 37.9 Å². The first-order chi connectivity index (χ1) is 7.54. The molecule has 0 fully saturated rings. The third kappa shape index (κ3) is 9.71. The number of hydrogen-bond acceptors (Lipinski definition) is 4. The average Bonchev–Trinajstić information content (AvgIpc) is 2.21. The lowest BCUT2D eigenvalue weighted by Gasteiger charge is -2.14. The van der Waals surface area contributed by atoms with Gasteiger partial charge in [-0.15, -0.1) is 0 Å². The fraction of sp³-hybridized carbons (Fsp3) is 0.818. The van der Waals surface area contributed by atoms with E-state index in [1.54, 1.807) is 4.90 Å². The van der Waals surface area contributed by atoms with Crippen LogP contribution < -0.4 is 0 Å². The summed E-state index contributed by atoms with van der Waals surface area (Å²) in [5.41, 5.74) is 0. The molecule has 0 saturated heterocycles. The molecule has 0 aromatic carbocycles. The van der Waals surface area contributed by atoms with Crippen molar-refractivity contribution in [3.63, 3.8) is 0 Å². The van der Waals surface area contributed by atoms with E-state index in [1.807, 2.05) is 14.1 Å². The van der Waals surface area contributed by atoms with Crippen LogP contribution in [-0.4, -0.2) is 43.4 Å². The predicted molar refractivity (Wildman–Crippen MR) is 67.3 cm³/mol. The maximum absolute atomic E-state index is 10.5. The highest BCUT2D eigenvalue weighted by Gasteiger charge is 1.99. The van der Waals surface area contributed by atoms with Crippen molar-refractivity contribution in [1.29, 1.82) is 0 Å². The number of nitrogens with zero attached hydrogens (tertiary/aromatic N) is 1. The molecule has 0 radical (unpaired) electrons. The zero-order chi connectivity index (χ0) is 12.4. The van der Waals surface area contributed by atoms with E-state index in [2.05, 4.69) is 0 Å². The molecule has 0 aliphatic rings. The Hall–Kier alpha value is -0.840. The normalized spacial score (nSPS) is 9.69. The Morgan fingerprint density at radius 2 is 1.56 bits per heavy atom. The maximum atomic E-state index is 10.5. The molecule has 0 aliphatic carbocycles. The van der Waals surface area contributed by atoms with Crippen molar-refractivity contribution in [1.82, 2.24) is 4.90 Å². The second kappa shape index (κ2) is 9.39. The highest BCUT2D eigenvalue weighted by atomic mass is 32.1. The summed E-state index contributed by atoms with van der Waals surface area (Å²) in [6.45, 7) is 2.60. The summed E-state index contributed by atoms with van der Waals surface area (Å²) >= 11 is 4.97. The third-order valence-corrected chi connectivity index (χ3v) is 2.42. The Bertz CT molecular complexity index is 219. The van der Waals surface area contributed by atoms with Gasteiger partial charge in [0, 0.05) is 21.0 Å². The molecule has 4 nitrogen and oxygen atoms in total. The van der Waals surface area contributed by atoms with Gasteiger partial charge >= 0.3 is 5.97 Å². The van der Waals surface area contributed by atoms with E-state index in [9.17, 15) is 4.79 Å². The van der Waals surface area contributed by atoms with Crippen LogP contribution in [0.4, 0.5) is 0 Å². The molecule has 0 unspecified atom stereocenters. The van der Waals surface area contributed by atoms with E-state index in [0.29, 0.717) is 18.4 Å². The van der Waals surface area contributed by atoms with Gasteiger partial charge in [0.05, 0.1) is 13.2 Å². The molecule has 16 heavy (non-hydrogen) atoms. The van der Waals surface area contributed by atoms with Gasteiger partial charge in [-0.1, -0.05) is 0 Å². The van der Waals surface area contributed by atoms with Gasteiger partial charge in [0.15, 0.2) is 0 Å². The van der Waals surface area contributed by atoms with Crippen molar-refractivity contribution in [2.45, 2.75) is 32.6 Å². The first kappa shape index (κ1) is 15.2. The second-order valence-electron chi connectivity index (χ2n) is 3.76. The van der Waals surface area contributed by atoms with Crippen LogP contribution in [-0.2, 0) is 14.3 Å². The zero-order valence-electron chi connectivity index (χ0n) is 10.3. The van der Waals surface area contributed by atoms with Crippen molar-refractivity contribution in [3.05, 3.63) is 0 Å². The second-order valence-corrected chi connectivity index (χ2v) is 4.11. The topological polar surface area (TPSA) is 38.8 Å². The third-order valence-electron chi connectivity index (χ3n) is 1.93. The molecule has 0 amide bonds. The van der Waals surface area contributed by atoms with E-state index in [-0.39, 0.29) is 5.97 Å². The molecule has 0 aromatic rings. The quantitative estimate of drug-likeness (QED) is 0.391. The molecule has 0 atom stereocenters. The van der Waals surface area contributed by atoms with Gasteiger partial charge in [-0.25, -0.2) is 0 Å². The summed E-state index contributed by atoms with van der Waals surface area (Å²) in [5.74, 6) is -0.209. The van der Waals surface area contributed by atoms with Crippen LogP contribution in [0.15, 0.2) is 0 Å². The summed E-state index contributed by atoms with van der Waals surface area (Å²) in [6.07, 6.45) is 4.01. The highest BCUT2D eigenvalue weighted by Crippen LogP contribution is 2.01. The van der Waals surface area contributed by atoms with Crippen LogP contribution in [0.1, 0.15) is 32.6 Å². The van der Waals surface area contributed by atoms with Crippen LogP contribution >= 0.6 is 12.2 Å². The number of unbranched alkanes of at least 4 members (excludes halogenated alkanes) is 3. The minimum absolute atomic E-state index is 0.209. The lowest BCUT2D eigenvalue weighted by Crippen LogP contribution is -2.22. The molecule has 0 heterocycles. The lowest BCUT2D eigenvalue weighted by atomic mass is 10.2. The molecule has 0 N–H and O–H groups in total. The molecule has 94 valence electrons. The van der Waals surface area contributed by atoms with Gasteiger partial charge < -0.3 is 14.4 Å². The summed E-state index contributed by atoms with van der Waals surface area (Å²) in [5, 5.41) is 0.528. The fourth-order valence-corrected chi connectivity index (χ4v) is 1.15. The number of carbonyl (C=O) groups excluding carboxylic acids is 1. The van der Waals surface area contributed by atoms with E-state index in [1.165, 1.54) is 6.92 Å². The van der Waals surface area contributed by atoms with Crippen molar-refractivity contribution >= 4 is 23.4 Å². The number of carbonyl (C=O) groups is 1. The smallest absolute Gasteiger partial charge is 0.302 e. The standard InChI is InChI=1S/C11H21NO3S/c1-10(13)14-8-6-4-5-7-9-15-11(16)12(2)3/h4-9H2,1-3H3. The van der Waals surface area contributed by atoms with Gasteiger partial charge in [0.2, 0.25) is 0 Å². The van der Waals surface area contributed by atoms with Crippen molar-refractivity contribution in [2.75, 3.05) is 27.3 Å². The van der Waals surface area contributed by atoms with E-state index >= 15 is 0 Å². The minimum atomic E-state index is -0.209. The molecule has 0 aliphatic heterocycles.